The highest BCUT2D eigenvalue weighted by molar-refractivity contribution is 9.10. The van der Waals surface area contributed by atoms with Gasteiger partial charge >= 0.3 is 0 Å². The third-order valence-corrected chi connectivity index (χ3v) is 9.16. The number of rotatable bonds is 3. The molecular weight excluding hydrogens is 320 g/mol. The first-order valence-corrected chi connectivity index (χ1v) is 10.4. The standard InChI is InChI=1S/C14H23BrN2OSi/c1-14(2,3)19(4,5)18-12-9-17(10-12)13-7-6-11(15)8-16-13/h6-8,12H,9-10H2,1-5H3. The first-order chi connectivity index (χ1) is 8.69. The number of anilines is 1. The summed E-state index contributed by atoms with van der Waals surface area (Å²) in [5, 5.41) is 0.281. The van der Waals surface area contributed by atoms with E-state index in [1.165, 1.54) is 0 Å². The van der Waals surface area contributed by atoms with Crippen molar-refractivity contribution in [2.75, 3.05) is 18.0 Å². The molecule has 0 saturated carbocycles. The van der Waals surface area contributed by atoms with Crippen molar-refractivity contribution in [3.63, 3.8) is 0 Å². The number of hydrogen-bond acceptors (Lipinski definition) is 3. The molecule has 106 valence electrons. The molecule has 3 nitrogen and oxygen atoms in total. The van der Waals surface area contributed by atoms with Crippen LogP contribution in [0.1, 0.15) is 20.8 Å². The minimum atomic E-state index is -1.63. The molecule has 1 aromatic rings. The fourth-order valence-corrected chi connectivity index (χ4v) is 3.42. The molecule has 1 aliphatic heterocycles. The van der Waals surface area contributed by atoms with Gasteiger partial charge in [0.15, 0.2) is 8.32 Å². The van der Waals surface area contributed by atoms with Crippen LogP contribution in [0.3, 0.4) is 0 Å². The molecular formula is C14H23BrN2OSi. The van der Waals surface area contributed by atoms with Crippen molar-refractivity contribution in [3.8, 4) is 0 Å². The van der Waals surface area contributed by atoms with Crippen LogP contribution in [-0.2, 0) is 4.43 Å². The molecule has 0 aromatic carbocycles. The largest absolute Gasteiger partial charge is 0.410 e. The SMILES string of the molecule is CC(C)(C)[Si](C)(C)OC1CN(c2ccc(Br)cn2)C1. The maximum absolute atomic E-state index is 6.37. The Morgan fingerprint density at radius 3 is 2.42 bits per heavy atom. The van der Waals surface area contributed by atoms with Crippen molar-refractivity contribution < 1.29 is 4.43 Å². The van der Waals surface area contributed by atoms with Gasteiger partial charge in [0.2, 0.25) is 0 Å². The third-order valence-electron chi connectivity index (χ3n) is 4.15. The van der Waals surface area contributed by atoms with Crippen LogP contribution >= 0.6 is 15.9 Å². The van der Waals surface area contributed by atoms with E-state index < -0.39 is 8.32 Å². The highest BCUT2D eigenvalue weighted by atomic mass is 79.9. The second kappa shape index (κ2) is 5.18. The number of hydrogen-bond donors (Lipinski definition) is 0. The van der Waals surface area contributed by atoms with Crippen LogP contribution in [0.5, 0.6) is 0 Å². The van der Waals surface area contributed by atoms with Gasteiger partial charge in [-0.05, 0) is 46.2 Å². The Balaban J connectivity index is 1.89. The van der Waals surface area contributed by atoms with Crippen molar-refractivity contribution in [3.05, 3.63) is 22.8 Å². The van der Waals surface area contributed by atoms with Crippen LogP contribution in [0.2, 0.25) is 18.1 Å². The Morgan fingerprint density at radius 2 is 1.95 bits per heavy atom. The number of aromatic nitrogens is 1. The molecule has 1 aromatic heterocycles. The molecule has 0 radical (unpaired) electrons. The van der Waals surface area contributed by atoms with E-state index >= 15 is 0 Å². The van der Waals surface area contributed by atoms with Crippen molar-refractivity contribution in [2.45, 2.75) is 45.0 Å². The monoisotopic (exact) mass is 342 g/mol. The Morgan fingerprint density at radius 1 is 1.32 bits per heavy atom. The minimum Gasteiger partial charge on any atom is -0.410 e. The fraction of sp³-hybridized carbons (Fsp3) is 0.643. The zero-order chi connectivity index (χ0) is 14.3. The third kappa shape index (κ3) is 3.38. The molecule has 5 heteroatoms. The second-order valence-electron chi connectivity index (χ2n) is 6.74. The molecule has 0 N–H and O–H groups in total. The summed E-state index contributed by atoms with van der Waals surface area (Å²) >= 11 is 3.41. The van der Waals surface area contributed by atoms with E-state index in [2.05, 4.69) is 59.7 Å². The van der Waals surface area contributed by atoms with Gasteiger partial charge in [-0.25, -0.2) is 4.98 Å². The Hall–Kier alpha value is -0.393. The Labute approximate surface area is 125 Å². The molecule has 0 unspecified atom stereocenters. The summed E-state index contributed by atoms with van der Waals surface area (Å²) in [4.78, 5) is 6.68. The highest BCUT2D eigenvalue weighted by Crippen LogP contribution is 2.38. The van der Waals surface area contributed by atoms with Crippen molar-refractivity contribution in [2.24, 2.45) is 0 Å². The fourth-order valence-electron chi connectivity index (χ4n) is 1.85. The maximum Gasteiger partial charge on any atom is 0.192 e. The summed E-state index contributed by atoms with van der Waals surface area (Å²) in [5.41, 5.74) is 0. The molecule has 0 aliphatic carbocycles. The normalized spacial score (nSPS) is 17.5. The maximum atomic E-state index is 6.37. The molecule has 19 heavy (non-hydrogen) atoms. The van der Waals surface area contributed by atoms with Gasteiger partial charge in [0, 0.05) is 23.8 Å². The Bertz CT molecular complexity index is 436. The van der Waals surface area contributed by atoms with E-state index in [0.29, 0.717) is 6.10 Å². The molecule has 2 rings (SSSR count). The molecule has 1 saturated heterocycles. The highest BCUT2D eigenvalue weighted by Gasteiger charge is 2.42. The van der Waals surface area contributed by atoms with Gasteiger partial charge in [-0.15, -0.1) is 0 Å². The van der Waals surface area contributed by atoms with E-state index in [4.69, 9.17) is 4.43 Å². The van der Waals surface area contributed by atoms with E-state index in [1.54, 1.807) is 0 Å². The average Bonchev–Trinajstić information content (AvgIpc) is 2.23. The zero-order valence-corrected chi connectivity index (χ0v) is 15.0. The molecule has 0 atom stereocenters. The van der Waals surface area contributed by atoms with Crippen molar-refractivity contribution >= 4 is 30.1 Å². The van der Waals surface area contributed by atoms with Gasteiger partial charge in [0.25, 0.3) is 0 Å². The predicted octanol–water partition coefficient (Wildman–Crippen LogP) is 4.05. The number of halogens is 1. The molecule has 0 spiro atoms. The summed E-state index contributed by atoms with van der Waals surface area (Å²) in [6.07, 6.45) is 2.21. The first-order valence-electron chi connectivity index (χ1n) is 6.73. The van der Waals surface area contributed by atoms with Crippen LogP contribution in [0.15, 0.2) is 22.8 Å². The molecule has 0 amide bonds. The predicted molar refractivity (Wildman–Crippen MR) is 86.2 cm³/mol. The lowest BCUT2D eigenvalue weighted by Crippen LogP contribution is -2.58. The van der Waals surface area contributed by atoms with Gasteiger partial charge < -0.3 is 9.33 Å². The minimum absolute atomic E-state index is 0.281. The molecule has 0 bridgehead atoms. The average molecular weight is 343 g/mol. The van der Waals surface area contributed by atoms with Crippen LogP contribution in [0, 0.1) is 0 Å². The lowest BCUT2D eigenvalue weighted by molar-refractivity contribution is 0.148. The summed E-state index contributed by atoms with van der Waals surface area (Å²) in [7, 11) is -1.63. The molecule has 2 heterocycles. The smallest absolute Gasteiger partial charge is 0.192 e. The summed E-state index contributed by atoms with van der Waals surface area (Å²) in [6.45, 7) is 13.4. The lowest BCUT2D eigenvalue weighted by Gasteiger charge is -2.46. The van der Waals surface area contributed by atoms with Crippen molar-refractivity contribution in [1.82, 2.24) is 4.98 Å². The van der Waals surface area contributed by atoms with Gasteiger partial charge in [-0.1, -0.05) is 20.8 Å². The van der Waals surface area contributed by atoms with Gasteiger partial charge in [-0.3, -0.25) is 0 Å². The second-order valence-corrected chi connectivity index (χ2v) is 12.4. The first kappa shape index (κ1) is 15.0. The van der Waals surface area contributed by atoms with E-state index in [0.717, 1.165) is 23.4 Å². The quantitative estimate of drug-likeness (QED) is 0.774. The summed E-state index contributed by atoms with van der Waals surface area (Å²) in [5.74, 6) is 1.04. The van der Waals surface area contributed by atoms with Gasteiger partial charge in [-0.2, -0.15) is 0 Å². The topological polar surface area (TPSA) is 25.4 Å². The molecule has 1 fully saturated rings. The Kier molecular flexibility index (Phi) is 4.09. The summed E-state index contributed by atoms with van der Waals surface area (Å²) in [6, 6.07) is 4.08. The van der Waals surface area contributed by atoms with Gasteiger partial charge in [0.1, 0.15) is 5.82 Å². The van der Waals surface area contributed by atoms with E-state index in [1.807, 2.05) is 18.3 Å². The van der Waals surface area contributed by atoms with Gasteiger partial charge in [0.05, 0.1) is 6.10 Å². The summed E-state index contributed by atoms with van der Waals surface area (Å²) < 4.78 is 7.39. The van der Waals surface area contributed by atoms with E-state index in [-0.39, 0.29) is 5.04 Å². The van der Waals surface area contributed by atoms with Crippen LogP contribution in [0.4, 0.5) is 5.82 Å². The van der Waals surface area contributed by atoms with Crippen LogP contribution in [0.25, 0.3) is 0 Å². The molecule has 1 aliphatic rings. The lowest BCUT2D eigenvalue weighted by atomic mass is 10.2. The number of pyridine rings is 1. The van der Waals surface area contributed by atoms with Crippen LogP contribution in [-0.4, -0.2) is 32.5 Å². The van der Waals surface area contributed by atoms with E-state index in [9.17, 15) is 0 Å². The zero-order valence-electron chi connectivity index (χ0n) is 12.4. The van der Waals surface area contributed by atoms with Crippen molar-refractivity contribution in [1.29, 1.82) is 0 Å². The number of nitrogens with zero attached hydrogens (tertiary/aromatic N) is 2. The van der Waals surface area contributed by atoms with Crippen LogP contribution < -0.4 is 4.90 Å².